The van der Waals surface area contributed by atoms with Crippen molar-refractivity contribution in [1.82, 2.24) is 5.43 Å². The molecule has 0 aliphatic carbocycles. The van der Waals surface area contributed by atoms with Gasteiger partial charge in [-0.3, -0.25) is 4.79 Å². The van der Waals surface area contributed by atoms with E-state index in [0.29, 0.717) is 5.02 Å². The molecule has 0 atom stereocenters. The van der Waals surface area contributed by atoms with Gasteiger partial charge in [0.15, 0.2) is 0 Å². The van der Waals surface area contributed by atoms with Gasteiger partial charge < -0.3 is 5.11 Å². The summed E-state index contributed by atoms with van der Waals surface area (Å²) in [5.41, 5.74) is 2.35. The van der Waals surface area contributed by atoms with Crippen LogP contribution in [0, 0.1) is 0 Å². The molecule has 0 aliphatic heterocycles. The summed E-state index contributed by atoms with van der Waals surface area (Å²) >= 11 is 5.70. The van der Waals surface area contributed by atoms with Gasteiger partial charge in [0.25, 0.3) is 5.91 Å². The van der Waals surface area contributed by atoms with Crippen molar-refractivity contribution in [1.29, 1.82) is 0 Å². The van der Waals surface area contributed by atoms with Crippen molar-refractivity contribution < 1.29 is 9.90 Å². The second-order valence-electron chi connectivity index (χ2n) is 2.91. The van der Waals surface area contributed by atoms with E-state index in [2.05, 4.69) is 10.5 Å². The molecule has 0 radical (unpaired) electrons. The molecule has 0 unspecified atom stereocenters. The molecule has 84 valence electrons. The van der Waals surface area contributed by atoms with Crippen LogP contribution in [-0.4, -0.2) is 17.2 Å². The number of halogens is 1. The quantitative estimate of drug-likeness (QED) is 0.627. The van der Waals surface area contributed by atoms with E-state index in [1.165, 1.54) is 24.4 Å². The van der Waals surface area contributed by atoms with Crippen LogP contribution in [-0.2, 0) is 0 Å². The lowest BCUT2D eigenvalue weighted by Gasteiger charge is -2.02. The Morgan fingerprint density at radius 1 is 1.56 bits per heavy atom. The molecule has 1 amide bonds. The van der Waals surface area contributed by atoms with Crippen molar-refractivity contribution in [3.05, 3.63) is 40.9 Å². The van der Waals surface area contributed by atoms with Gasteiger partial charge in [0.1, 0.15) is 5.75 Å². The molecule has 0 fully saturated rings. The van der Waals surface area contributed by atoms with E-state index in [1.54, 1.807) is 12.2 Å². The average Bonchev–Trinajstić information content (AvgIpc) is 2.27. The molecule has 0 bridgehead atoms. The summed E-state index contributed by atoms with van der Waals surface area (Å²) < 4.78 is 0. The van der Waals surface area contributed by atoms with E-state index in [9.17, 15) is 9.90 Å². The number of rotatable bonds is 3. The Bertz CT molecular complexity index is 442. The zero-order valence-corrected chi connectivity index (χ0v) is 9.40. The fraction of sp³-hybridized carbons (Fsp3) is 0.0909. The van der Waals surface area contributed by atoms with E-state index in [4.69, 9.17) is 11.6 Å². The fourth-order valence-corrected chi connectivity index (χ4v) is 1.15. The van der Waals surface area contributed by atoms with Crippen LogP contribution in [0.1, 0.15) is 17.3 Å². The van der Waals surface area contributed by atoms with Crippen molar-refractivity contribution in [2.45, 2.75) is 6.92 Å². The van der Waals surface area contributed by atoms with Crippen LogP contribution in [0.2, 0.25) is 5.02 Å². The maximum atomic E-state index is 11.5. The molecule has 5 heteroatoms. The van der Waals surface area contributed by atoms with Crippen molar-refractivity contribution in [2.75, 3.05) is 0 Å². The summed E-state index contributed by atoms with van der Waals surface area (Å²) in [6.07, 6.45) is 4.87. The Morgan fingerprint density at radius 3 is 3.00 bits per heavy atom. The van der Waals surface area contributed by atoms with Crippen LogP contribution in [0.3, 0.4) is 0 Å². The molecule has 0 aliphatic rings. The summed E-state index contributed by atoms with van der Waals surface area (Å²) in [4.78, 5) is 11.5. The van der Waals surface area contributed by atoms with Gasteiger partial charge in [-0.25, -0.2) is 5.43 Å². The van der Waals surface area contributed by atoms with Crippen LogP contribution in [0.25, 0.3) is 0 Å². The number of nitrogens with one attached hydrogen (secondary N) is 1. The normalized spacial score (nSPS) is 11.1. The second kappa shape index (κ2) is 5.92. The van der Waals surface area contributed by atoms with Crippen LogP contribution < -0.4 is 5.43 Å². The molecule has 1 aromatic carbocycles. The molecule has 1 aromatic rings. The number of carbonyl (C=O) groups excluding carboxylic acids is 1. The van der Waals surface area contributed by atoms with Gasteiger partial charge in [-0.15, -0.1) is 0 Å². The standard InChI is InChI=1S/C11H11ClN2O2/c1-2-3-6-13-14-11(16)9-7-8(12)4-5-10(9)15/h2-7,15H,1H3,(H,14,16)/b3-2+,13-6+. The summed E-state index contributed by atoms with van der Waals surface area (Å²) in [5.74, 6) is -0.649. The first-order valence-corrected chi connectivity index (χ1v) is 4.96. The van der Waals surface area contributed by atoms with Crippen LogP contribution >= 0.6 is 11.6 Å². The summed E-state index contributed by atoms with van der Waals surface area (Å²) in [5, 5.41) is 13.4. The number of carbonyl (C=O) groups is 1. The predicted octanol–water partition coefficient (Wildman–Crippen LogP) is 2.34. The molecule has 0 heterocycles. The molecule has 0 spiro atoms. The Balaban J connectivity index is 2.76. The molecule has 0 aromatic heterocycles. The zero-order valence-electron chi connectivity index (χ0n) is 8.64. The molecule has 4 nitrogen and oxygen atoms in total. The first-order valence-electron chi connectivity index (χ1n) is 4.58. The number of phenolic OH excluding ortho intramolecular Hbond substituents is 1. The Labute approximate surface area is 98.2 Å². The van der Waals surface area contributed by atoms with Gasteiger partial charge in [0.2, 0.25) is 0 Å². The highest BCUT2D eigenvalue weighted by Crippen LogP contribution is 2.21. The highest BCUT2D eigenvalue weighted by Gasteiger charge is 2.10. The molecule has 16 heavy (non-hydrogen) atoms. The third kappa shape index (κ3) is 3.40. The van der Waals surface area contributed by atoms with E-state index < -0.39 is 5.91 Å². The lowest BCUT2D eigenvalue weighted by atomic mass is 10.2. The van der Waals surface area contributed by atoms with Gasteiger partial charge in [-0.2, -0.15) is 5.10 Å². The first-order chi connectivity index (χ1) is 7.65. The third-order valence-corrected chi connectivity index (χ3v) is 1.96. The smallest absolute Gasteiger partial charge is 0.275 e. The van der Waals surface area contributed by atoms with Gasteiger partial charge in [-0.05, 0) is 31.2 Å². The number of nitrogens with zero attached hydrogens (tertiary/aromatic N) is 1. The van der Waals surface area contributed by atoms with Crippen molar-refractivity contribution in [3.8, 4) is 5.75 Å². The topological polar surface area (TPSA) is 61.7 Å². The highest BCUT2D eigenvalue weighted by molar-refractivity contribution is 6.31. The molecular weight excluding hydrogens is 228 g/mol. The van der Waals surface area contributed by atoms with Gasteiger partial charge >= 0.3 is 0 Å². The first kappa shape index (κ1) is 12.3. The highest BCUT2D eigenvalue weighted by atomic mass is 35.5. The largest absolute Gasteiger partial charge is 0.507 e. The number of amides is 1. The minimum atomic E-state index is -0.513. The summed E-state index contributed by atoms with van der Waals surface area (Å²) in [7, 11) is 0. The number of aromatic hydroxyl groups is 1. The fourth-order valence-electron chi connectivity index (χ4n) is 0.975. The maximum Gasteiger partial charge on any atom is 0.275 e. The third-order valence-electron chi connectivity index (χ3n) is 1.72. The second-order valence-corrected chi connectivity index (χ2v) is 3.34. The van der Waals surface area contributed by atoms with Crippen molar-refractivity contribution >= 4 is 23.7 Å². The lowest BCUT2D eigenvalue weighted by molar-refractivity contribution is 0.0952. The van der Waals surface area contributed by atoms with E-state index in [0.717, 1.165) is 0 Å². The van der Waals surface area contributed by atoms with Crippen LogP contribution in [0.4, 0.5) is 0 Å². The number of benzene rings is 1. The molecule has 1 rings (SSSR count). The minimum absolute atomic E-state index is 0.0881. The van der Waals surface area contributed by atoms with Gasteiger partial charge in [0, 0.05) is 11.2 Å². The SMILES string of the molecule is C/C=C/C=N/NC(=O)c1cc(Cl)ccc1O. The Morgan fingerprint density at radius 2 is 2.31 bits per heavy atom. The Kier molecular flexibility index (Phi) is 4.54. The number of hydrogen-bond acceptors (Lipinski definition) is 3. The van der Waals surface area contributed by atoms with E-state index in [-0.39, 0.29) is 11.3 Å². The molecular formula is C11H11ClN2O2. The number of hydrogen-bond donors (Lipinski definition) is 2. The molecule has 0 saturated heterocycles. The number of phenols is 1. The lowest BCUT2D eigenvalue weighted by Crippen LogP contribution is -2.17. The predicted molar refractivity (Wildman–Crippen MR) is 63.9 cm³/mol. The average molecular weight is 239 g/mol. The Hall–Kier alpha value is -1.81. The minimum Gasteiger partial charge on any atom is -0.507 e. The molecule has 0 saturated carbocycles. The van der Waals surface area contributed by atoms with Crippen LogP contribution in [0.15, 0.2) is 35.5 Å². The van der Waals surface area contributed by atoms with E-state index in [1.807, 2.05) is 6.92 Å². The van der Waals surface area contributed by atoms with Gasteiger partial charge in [-0.1, -0.05) is 17.7 Å². The van der Waals surface area contributed by atoms with Crippen LogP contribution in [0.5, 0.6) is 5.75 Å². The number of allylic oxidation sites excluding steroid dienone is 2. The summed E-state index contributed by atoms with van der Waals surface area (Å²) in [6.45, 7) is 1.83. The zero-order chi connectivity index (χ0) is 12.0. The van der Waals surface area contributed by atoms with E-state index >= 15 is 0 Å². The maximum absolute atomic E-state index is 11.5. The monoisotopic (exact) mass is 238 g/mol. The van der Waals surface area contributed by atoms with Crippen molar-refractivity contribution in [2.24, 2.45) is 5.10 Å². The van der Waals surface area contributed by atoms with Gasteiger partial charge in [0.05, 0.1) is 5.56 Å². The summed E-state index contributed by atoms with van der Waals surface area (Å²) in [6, 6.07) is 4.22. The number of hydrazone groups is 1. The molecule has 2 N–H and O–H groups in total. The van der Waals surface area contributed by atoms with Crippen molar-refractivity contribution in [3.63, 3.8) is 0 Å².